The fourth-order valence-corrected chi connectivity index (χ4v) is 4.48. The van der Waals surface area contributed by atoms with Crippen molar-refractivity contribution in [2.45, 2.75) is 57.1 Å². The summed E-state index contributed by atoms with van der Waals surface area (Å²) in [5, 5.41) is 9.27. The summed E-state index contributed by atoms with van der Waals surface area (Å²) < 4.78 is -0.482. The Labute approximate surface area is 103 Å². The molecule has 0 saturated carbocycles. The summed E-state index contributed by atoms with van der Waals surface area (Å²) in [7, 11) is 1.60. The van der Waals surface area contributed by atoms with Crippen LogP contribution in [0.4, 0.5) is 0 Å². The summed E-state index contributed by atoms with van der Waals surface area (Å²) in [6, 6.07) is 0. The Morgan fingerprint density at radius 1 is 1.29 bits per heavy atom. The standard InChI is InChI=1S/C10H20O2S.Sn/c1-3-5-7-10(13,9(11)12)8-6-4-2;/h13H,3-8H2,1-2H3,(H,11,12);/q;+1/p-1. The fourth-order valence-electron chi connectivity index (χ4n) is 1.41. The van der Waals surface area contributed by atoms with Gasteiger partial charge in [-0.2, -0.15) is 0 Å². The van der Waals surface area contributed by atoms with Gasteiger partial charge in [0.05, 0.1) is 0 Å². The third-order valence-electron chi connectivity index (χ3n) is 2.45. The average Bonchev–Trinajstić information content (AvgIpc) is 2.18. The number of rotatable bonds is 8. The van der Waals surface area contributed by atoms with Crippen LogP contribution in [0, 0.1) is 0 Å². The van der Waals surface area contributed by atoms with Crippen LogP contribution in [-0.2, 0) is 4.79 Å². The number of hydrogen-bond acceptors (Lipinski definition) is 2. The van der Waals surface area contributed by atoms with E-state index in [9.17, 15) is 9.90 Å². The van der Waals surface area contributed by atoms with Gasteiger partial charge < -0.3 is 0 Å². The molecule has 0 aliphatic rings. The molecule has 0 aromatic heterocycles. The first-order valence-corrected chi connectivity index (χ1v) is 9.52. The van der Waals surface area contributed by atoms with E-state index in [1.807, 2.05) is 0 Å². The predicted octanol–water partition coefficient (Wildman–Crippen LogP) is 3.01. The van der Waals surface area contributed by atoms with Crippen molar-refractivity contribution in [3.63, 3.8) is 0 Å². The van der Waals surface area contributed by atoms with Crippen molar-refractivity contribution in [2.75, 3.05) is 0 Å². The van der Waals surface area contributed by atoms with E-state index in [0.717, 1.165) is 38.5 Å². The molecule has 0 unspecified atom stereocenters. The Balaban J connectivity index is 4.35. The van der Waals surface area contributed by atoms with Crippen LogP contribution in [0.15, 0.2) is 0 Å². The zero-order valence-electron chi connectivity index (χ0n) is 9.01. The Bertz CT molecular complexity index is 166. The second kappa shape index (κ2) is 7.85. The predicted molar refractivity (Wildman–Crippen MR) is 62.8 cm³/mol. The molecular formula is C10H19O2SSn. The van der Waals surface area contributed by atoms with E-state index in [1.54, 1.807) is 8.95 Å². The van der Waals surface area contributed by atoms with Crippen molar-refractivity contribution in [2.24, 2.45) is 0 Å². The molecule has 0 aromatic rings. The van der Waals surface area contributed by atoms with Gasteiger partial charge in [-0.05, 0) is 0 Å². The maximum atomic E-state index is 11.3. The second-order valence-electron chi connectivity index (χ2n) is 3.61. The molecule has 3 radical (unpaired) electrons. The molecule has 0 atom stereocenters. The number of carboxylic acids is 1. The first-order valence-electron chi connectivity index (χ1n) is 5.21. The van der Waals surface area contributed by atoms with Crippen LogP contribution < -0.4 is 0 Å². The van der Waals surface area contributed by atoms with Crippen molar-refractivity contribution in [1.82, 2.24) is 0 Å². The summed E-state index contributed by atoms with van der Waals surface area (Å²) >= 11 is 1.27. The monoisotopic (exact) mass is 323 g/mol. The first-order chi connectivity index (χ1) is 6.63. The number of carbonyl (C=O) groups is 1. The van der Waals surface area contributed by atoms with Gasteiger partial charge in [0.15, 0.2) is 0 Å². The van der Waals surface area contributed by atoms with Crippen molar-refractivity contribution < 1.29 is 9.90 Å². The first kappa shape index (κ1) is 14.6. The molecule has 4 heteroatoms. The van der Waals surface area contributed by atoms with Crippen molar-refractivity contribution in [1.29, 1.82) is 0 Å². The van der Waals surface area contributed by atoms with Gasteiger partial charge in [-0.25, -0.2) is 0 Å². The molecule has 2 nitrogen and oxygen atoms in total. The molecule has 0 fully saturated rings. The molecule has 0 saturated heterocycles. The molecule has 0 spiro atoms. The van der Waals surface area contributed by atoms with Gasteiger partial charge in [0.25, 0.3) is 0 Å². The van der Waals surface area contributed by atoms with Crippen molar-refractivity contribution in [3.8, 4) is 0 Å². The molecule has 0 aromatic carbocycles. The fraction of sp³-hybridized carbons (Fsp3) is 0.900. The summed E-state index contributed by atoms with van der Waals surface area (Å²) in [5.41, 5.74) is 0. The number of hydrogen-bond donors (Lipinski definition) is 1. The molecular weight excluding hydrogens is 303 g/mol. The van der Waals surface area contributed by atoms with Gasteiger partial charge in [0.2, 0.25) is 0 Å². The second-order valence-corrected chi connectivity index (χ2v) is 6.34. The summed E-state index contributed by atoms with van der Waals surface area (Å²) in [6.07, 6.45) is 5.87. The van der Waals surface area contributed by atoms with E-state index in [2.05, 4.69) is 13.8 Å². The molecule has 0 rings (SSSR count). The molecule has 0 heterocycles. The van der Waals surface area contributed by atoms with Crippen LogP contribution in [0.3, 0.4) is 0 Å². The van der Waals surface area contributed by atoms with Crippen molar-refractivity contribution >= 4 is 36.1 Å². The molecule has 0 amide bonds. The van der Waals surface area contributed by atoms with E-state index in [0.29, 0.717) is 0 Å². The average molecular weight is 322 g/mol. The van der Waals surface area contributed by atoms with Gasteiger partial charge in [0.1, 0.15) is 0 Å². The van der Waals surface area contributed by atoms with Crippen molar-refractivity contribution in [3.05, 3.63) is 0 Å². The molecule has 14 heavy (non-hydrogen) atoms. The van der Waals surface area contributed by atoms with E-state index in [-0.39, 0.29) is 0 Å². The van der Waals surface area contributed by atoms with E-state index < -0.39 is 10.7 Å². The maximum absolute atomic E-state index is 11.3. The number of carboxylic acid groups (broad SMARTS) is 1. The Hall–Kier alpha value is 0.619. The SMILES string of the molecule is CCCCC(CCCC)([S][Sn])C(=O)O. The minimum atomic E-state index is -0.610. The molecule has 81 valence electrons. The molecule has 0 aliphatic heterocycles. The van der Waals surface area contributed by atoms with Crippen LogP contribution >= 0.6 is 8.95 Å². The van der Waals surface area contributed by atoms with E-state index in [1.165, 1.54) is 21.1 Å². The van der Waals surface area contributed by atoms with Gasteiger partial charge in [-0.15, -0.1) is 0 Å². The van der Waals surface area contributed by atoms with E-state index in [4.69, 9.17) is 0 Å². The van der Waals surface area contributed by atoms with Gasteiger partial charge >= 0.3 is 103 Å². The topological polar surface area (TPSA) is 37.3 Å². The third kappa shape index (κ3) is 4.43. The number of unbranched alkanes of at least 4 members (excludes halogenated alkanes) is 2. The van der Waals surface area contributed by atoms with Gasteiger partial charge in [0, 0.05) is 0 Å². The zero-order valence-corrected chi connectivity index (χ0v) is 12.7. The zero-order chi connectivity index (χ0) is 11.0. The Morgan fingerprint density at radius 2 is 1.71 bits per heavy atom. The minimum absolute atomic E-state index is 0.482. The van der Waals surface area contributed by atoms with Crippen LogP contribution in [0.5, 0.6) is 0 Å². The van der Waals surface area contributed by atoms with Crippen LogP contribution in [0.2, 0.25) is 0 Å². The summed E-state index contributed by atoms with van der Waals surface area (Å²) in [6.45, 7) is 4.22. The van der Waals surface area contributed by atoms with Gasteiger partial charge in [-0.1, -0.05) is 0 Å². The normalized spacial score (nSPS) is 11.6. The van der Waals surface area contributed by atoms with Crippen LogP contribution in [-0.4, -0.2) is 37.0 Å². The summed E-state index contributed by atoms with van der Waals surface area (Å²) in [4.78, 5) is 11.3. The molecule has 0 aliphatic carbocycles. The molecule has 1 N–H and O–H groups in total. The summed E-state index contributed by atoms with van der Waals surface area (Å²) in [5.74, 6) is -0.610. The molecule has 0 bridgehead atoms. The Morgan fingerprint density at radius 3 is 1.93 bits per heavy atom. The van der Waals surface area contributed by atoms with Crippen LogP contribution in [0.25, 0.3) is 0 Å². The van der Waals surface area contributed by atoms with Gasteiger partial charge in [-0.3, -0.25) is 0 Å². The third-order valence-corrected chi connectivity index (χ3v) is 6.77. The quantitative estimate of drug-likeness (QED) is 0.698. The number of aliphatic carboxylic acids is 1. The van der Waals surface area contributed by atoms with E-state index >= 15 is 0 Å². The van der Waals surface area contributed by atoms with Crippen LogP contribution in [0.1, 0.15) is 52.4 Å². The Kier molecular flexibility index (Phi) is 8.20.